The minimum Gasteiger partial charge on any atom is -0.488 e. The van der Waals surface area contributed by atoms with Gasteiger partial charge in [-0.1, -0.05) is 19.1 Å². The molecule has 3 nitrogen and oxygen atoms in total. The summed E-state index contributed by atoms with van der Waals surface area (Å²) in [6.07, 6.45) is 1.02. The van der Waals surface area contributed by atoms with Crippen LogP contribution in [0.15, 0.2) is 18.2 Å². The third-order valence-corrected chi connectivity index (χ3v) is 2.50. The number of para-hydroxylation sites is 1. The number of aliphatic hydroxyl groups excluding tert-OH is 1. The van der Waals surface area contributed by atoms with Gasteiger partial charge in [0, 0.05) is 11.6 Å². The van der Waals surface area contributed by atoms with Gasteiger partial charge in [-0.25, -0.2) is 4.39 Å². The molecule has 0 spiro atoms. The van der Waals surface area contributed by atoms with Crippen molar-refractivity contribution in [3.8, 4) is 5.75 Å². The molecule has 0 fully saturated rings. The Bertz CT molecular complexity index is 344. The van der Waals surface area contributed by atoms with Gasteiger partial charge in [0.25, 0.3) is 0 Å². The lowest BCUT2D eigenvalue weighted by atomic mass is 10.1. The van der Waals surface area contributed by atoms with Crippen LogP contribution < -0.4 is 10.1 Å². The van der Waals surface area contributed by atoms with E-state index in [2.05, 4.69) is 12.2 Å². The summed E-state index contributed by atoms with van der Waals surface area (Å²) in [6.45, 7) is 4.90. The monoisotopic (exact) mass is 241 g/mol. The Balaban J connectivity index is 2.84. The maximum atomic E-state index is 13.6. The predicted octanol–water partition coefficient (Wildman–Crippen LogP) is 2.26. The molecule has 0 aliphatic heterocycles. The topological polar surface area (TPSA) is 41.5 Å². The van der Waals surface area contributed by atoms with E-state index in [0.717, 1.165) is 18.5 Å². The molecule has 1 rings (SSSR count). The van der Waals surface area contributed by atoms with Crippen molar-refractivity contribution in [2.24, 2.45) is 0 Å². The van der Waals surface area contributed by atoms with E-state index in [0.29, 0.717) is 0 Å². The van der Waals surface area contributed by atoms with Crippen LogP contribution in [-0.2, 0) is 0 Å². The second-order valence-electron chi connectivity index (χ2n) is 3.91. The molecule has 17 heavy (non-hydrogen) atoms. The lowest BCUT2D eigenvalue weighted by Gasteiger charge is -2.18. The quantitative estimate of drug-likeness (QED) is 0.769. The molecule has 96 valence electrons. The maximum absolute atomic E-state index is 13.6. The van der Waals surface area contributed by atoms with Crippen LogP contribution in [0.25, 0.3) is 0 Å². The molecular weight excluding hydrogens is 221 g/mol. The molecule has 0 aliphatic carbocycles. The van der Waals surface area contributed by atoms with Crippen molar-refractivity contribution in [2.75, 3.05) is 19.8 Å². The average molecular weight is 241 g/mol. The van der Waals surface area contributed by atoms with Crippen molar-refractivity contribution in [3.63, 3.8) is 0 Å². The molecular formula is C13H20FNO2. The summed E-state index contributed by atoms with van der Waals surface area (Å²) < 4.78 is 18.9. The van der Waals surface area contributed by atoms with Crippen LogP contribution in [0.4, 0.5) is 4.39 Å². The van der Waals surface area contributed by atoms with Gasteiger partial charge in [0.2, 0.25) is 0 Å². The minimum atomic E-state index is -0.388. The summed E-state index contributed by atoms with van der Waals surface area (Å²) in [5.74, 6) is -0.154. The highest BCUT2D eigenvalue weighted by Crippen LogP contribution is 2.28. The molecule has 1 atom stereocenters. The second kappa shape index (κ2) is 7.25. The van der Waals surface area contributed by atoms with Crippen LogP contribution in [0.5, 0.6) is 5.75 Å². The van der Waals surface area contributed by atoms with Crippen LogP contribution in [0.1, 0.15) is 31.9 Å². The lowest BCUT2D eigenvalue weighted by Crippen LogP contribution is -2.20. The first-order chi connectivity index (χ1) is 8.20. The normalized spacial score (nSPS) is 12.5. The lowest BCUT2D eigenvalue weighted by molar-refractivity contribution is 0.194. The second-order valence-corrected chi connectivity index (χ2v) is 3.91. The number of rotatable bonds is 7. The van der Waals surface area contributed by atoms with Crippen molar-refractivity contribution in [3.05, 3.63) is 29.6 Å². The van der Waals surface area contributed by atoms with E-state index in [1.807, 2.05) is 13.0 Å². The van der Waals surface area contributed by atoms with Gasteiger partial charge in [-0.15, -0.1) is 0 Å². The Morgan fingerprint density at radius 1 is 1.47 bits per heavy atom. The van der Waals surface area contributed by atoms with E-state index in [1.54, 1.807) is 6.07 Å². The highest BCUT2D eigenvalue weighted by atomic mass is 19.1. The number of halogens is 1. The summed E-state index contributed by atoms with van der Waals surface area (Å²) in [5, 5.41) is 12.0. The van der Waals surface area contributed by atoms with E-state index < -0.39 is 0 Å². The molecule has 0 amide bonds. The molecule has 1 unspecified atom stereocenters. The van der Waals surface area contributed by atoms with Crippen LogP contribution >= 0.6 is 0 Å². The Kier molecular flexibility index (Phi) is 5.94. The van der Waals surface area contributed by atoms with Gasteiger partial charge in [0.1, 0.15) is 6.61 Å². The SMILES string of the molecule is CCCNC(C)c1cccc(F)c1OCCO. The van der Waals surface area contributed by atoms with Crippen LogP contribution in [0.3, 0.4) is 0 Å². The van der Waals surface area contributed by atoms with E-state index >= 15 is 0 Å². The molecule has 0 bridgehead atoms. The first-order valence-corrected chi connectivity index (χ1v) is 5.96. The first kappa shape index (κ1) is 13.9. The summed E-state index contributed by atoms with van der Waals surface area (Å²) >= 11 is 0. The predicted molar refractivity (Wildman–Crippen MR) is 65.7 cm³/mol. The zero-order valence-corrected chi connectivity index (χ0v) is 10.4. The van der Waals surface area contributed by atoms with Crippen LogP contribution in [0.2, 0.25) is 0 Å². The molecule has 0 saturated heterocycles. The van der Waals surface area contributed by atoms with Crippen LogP contribution in [-0.4, -0.2) is 24.9 Å². The zero-order valence-electron chi connectivity index (χ0n) is 10.4. The van der Waals surface area contributed by atoms with E-state index in [9.17, 15) is 4.39 Å². The third kappa shape index (κ3) is 3.98. The Morgan fingerprint density at radius 3 is 2.88 bits per heavy atom. The molecule has 1 aromatic rings. The minimum absolute atomic E-state index is 0.0272. The Morgan fingerprint density at radius 2 is 2.24 bits per heavy atom. The Hall–Kier alpha value is -1.13. The van der Waals surface area contributed by atoms with Gasteiger partial charge in [-0.3, -0.25) is 0 Å². The van der Waals surface area contributed by atoms with Gasteiger partial charge < -0.3 is 15.2 Å². The number of nitrogens with one attached hydrogen (secondary N) is 1. The van der Waals surface area contributed by atoms with E-state index in [-0.39, 0.29) is 30.8 Å². The zero-order chi connectivity index (χ0) is 12.7. The highest BCUT2D eigenvalue weighted by molar-refractivity contribution is 5.37. The number of benzene rings is 1. The average Bonchev–Trinajstić information content (AvgIpc) is 2.34. The number of ether oxygens (including phenoxy) is 1. The fourth-order valence-corrected chi connectivity index (χ4v) is 1.64. The summed E-state index contributed by atoms with van der Waals surface area (Å²) in [5.41, 5.74) is 0.784. The molecule has 0 aromatic heterocycles. The number of hydrogen-bond donors (Lipinski definition) is 2. The number of hydrogen-bond acceptors (Lipinski definition) is 3. The van der Waals surface area contributed by atoms with Crippen molar-refractivity contribution >= 4 is 0 Å². The van der Waals surface area contributed by atoms with Gasteiger partial charge >= 0.3 is 0 Å². The fraction of sp³-hybridized carbons (Fsp3) is 0.538. The van der Waals surface area contributed by atoms with Crippen molar-refractivity contribution in [1.29, 1.82) is 0 Å². The van der Waals surface area contributed by atoms with Crippen molar-refractivity contribution in [2.45, 2.75) is 26.3 Å². The molecule has 0 saturated carbocycles. The molecule has 0 radical (unpaired) electrons. The smallest absolute Gasteiger partial charge is 0.165 e. The molecule has 0 aliphatic rings. The van der Waals surface area contributed by atoms with Gasteiger partial charge in [-0.2, -0.15) is 0 Å². The summed E-state index contributed by atoms with van der Waals surface area (Å²) in [6, 6.07) is 4.89. The van der Waals surface area contributed by atoms with Gasteiger partial charge in [-0.05, 0) is 26.0 Å². The molecule has 2 N–H and O–H groups in total. The van der Waals surface area contributed by atoms with E-state index in [4.69, 9.17) is 9.84 Å². The summed E-state index contributed by atoms with van der Waals surface area (Å²) in [4.78, 5) is 0. The van der Waals surface area contributed by atoms with Crippen molar-refractivity contribution in [1.82, 2.24) is 5.32 Å². The number of aliphatic hydroxyl groups is 1. The molecule has 4 heteroatoms. The first-order valence-electron chi connectivity index (χ1n) is 5.96. The van der Waals surface area contributed by atoms with Gasteiger partial charge in [0.05, 0.1) is 6.61 Å². The fourth-order valence-electron chi connectivity index (χ4n) is 1.64. The van der Waals surface area contributed by atoms with Crippen molar-refractivity contribution < 1.29 is 14.2 Å². The van der Waals surface area contributed by atoms with Gasteiger partial charge in [0.15, 0.2) is 11.6 Å². The molecule has 1 aromatic carbocycles. The maximum Gasteiger partial charge on any atom is 0.165 e. The molecule has 0 heterocycles. The highest BCUT2D eigenvalue weighted by Gasteiger charge is 2.14. The summed E-state index contributed by atoms with van der Waals surface area (Å²) in [7, 11) is 0. The standard InChI is InChI=1S/C13H20FNO2/c1-3-7-15-10(2)11-5-4-6-12(14)13(11)17-9-8-16/h4-6,10,15-16H,3,7-9H2,1-2H3. The third-order valence-electron chi connectivity index (χ3n) is 2.50. The Labute approximate surface area is 102 Å². The van der Waals surface area contributed by atoms with E-state index in [1.165, 1.54) is 6.07 Å². The largest absolute Gasteiger partial charge is 0.488 e. The van der Waals surface area contributed by atoms with Crippen LogP contribution in [0, 0.1) is 5.82 Å².